The topological polar surface area (TPSA) is 65.3 Å². The summed E-state index contributed by atoms with van der Waals surface area (Å²) >= 11 is 1.23. The highest BCUT2D eigenvalue weighted by molar-refractivity contribution is 7.99. The van der Waals surface area contributed by atoms with E-state index in [1.807, 2.05) is 24.3 Å². The average molecular weight is 318 g/mol. The SMILES string of the molecule is COc1ccc(CCNC(=O)CSc2cccc[n+]2[O-])cc1. The van der Waals surface area contributed by atoms with Crippen LogP contribution in [0.15, 0.2) is 53.7 Å². The van der Waals surface area contributed by atoms with E-state index in [1.165, 1.54) is 18.0 Å². The van der Waals surface area contributed by atoms with Crippen molar-refractivity contribution in [2.75, 3.05) is 19.4 Å². The number of rotatable bonds is 7. The number of pyridine rings is 1. The highest BCUT2D eigenvalue weighted by Crippen LogP contribution is 2.12. The molecule has 0 saturated carbocycles. The van der Waals surface area contributed by atoms with Crippen LogP contribution in [0.5, 0.6) is 5.75 Å². The molecule has 116 valence electrons. The Labute approximate surface area is 133 Å². The number of aromatic nitrogens is 1. The summed E-state index contributed by atoms with van der Waals surface area (Å²) in [4.78, 5) is 11.8. The number of carbonyl (C=O) groups excluding carboxylic acids is 1. The van der Waals surface area contributed by atoms with Crippen molar-refractivity contribution in [1.82, 2.24) is 5.32 Å². The zero-order chi connectivity index (χ0) is 15.8. The fraction of sp³-hybridized carbons (Fsp3) is 0.250. The number of hydrogen-bond donors (Lipinski definition) is 1. The Kier molecular flexibility index (Phi) is 6.09. The number of methoxy groups -OCH3 is 1. The predicted octanol–water partition coefficient (Wildman–Crippen LogP) is 1.78. The first-order valence-electron chi connectivity index (χ1n) is 6.89. The molecule has 0 aliphatic rings. The number of nitrogens with one attached hydrogen (secondary N) is 1. The summed E-state index contributed by atoms with van der Waals surface area (Å²) in [5, 5.41) is 14.8. The molecule has 0 saturated heterocycles. The van der Waals surface area contributed by atoms with Crippen molar-refractivity contribution in [2.24, 2.45) is 0 Å². The van der Waals surface area contributed by atoms with Crippen LogP contribution in [0.3, 0.4) is 0 Å². The molecule has 0 bridgehead atoms. The number of amides is 1. The monoisotopic (exact) mass is 318 g/mol. The summed E-state index contributed by atoms with van der Waals surface area (Å²) in [7, 11) is 1.63. The molecule has 2 aromatic rings. The molecule has 6 heteroatoms. The van der Waals surface area contributed by atoms with E-state index in [0.717, 1.165) is 22.5 Å². The zero-order valence-corrected chi connectivity index (χ0v) is 13.1. The number of nitrogens with zero attached hydrogens (tertiary/aromatic N) is 1. The molecule has 1 aromatic carbocycles. The van der Waals surface area contributed by atoms with Crippen LogP contribution in [0.1, 0.15) is 5.56 Å². The van der Waals surface area contributed by atoms with Gasteiger partial charge in [0.15, 0.2) is 6.20 Å². The summed E-state index contributed by atoms with van der Waals surface area (Å²) in [6.07, 6.45) is 2.18. The fourth-order valence-electron chi connectivity index (χ4n) is 1.85. The Hall–Kier alpha value is -2.21. The Bertz CT molecular complexity index is 617. The van der Waals surface area contributed by atoms with Crippen molar-refractivity contribution in [3.63, 3.8) is 0 Å². The molecule has 1 N–H and O–H groups in total. The second-order valence-electron chi connectivity index (χ2n) is 4.60. The molecule has 1 heterocycles. The van der Waals surface area contributed by atoms with Crippen LogP contribution in [0, 0.1) is 5.21 Å². The predicted molar refractivity (Wildman–Crippen MR) is 85.8 cm³/mol. The molecule has 0 atom stereocenters. The Morgan fingerprint density at radius 3 is 2.73 bits per heavy atom. The number of benzene rings is 1. The fourth-order valence-corrected chi connectivity index (χ4v) is 2.60. The van der Waals surface area contributed by atoms with Gasteiger partial charge in [-0.3, -0.25) is 4.79 Å². The highest BCUT2D eigenvalue weighted by atomic mass is 32.2. The number of carbonyl (C=O) groups is 1. The lowest BCUT2D eigenvalue weighted by molar-refractivity contribution is -0.645. The third-order valence-electron chi connectivity index (χ3n) is 3.03. The number of hydrogen-bond acceptors (Lipinski definition) is 4. The van der Waals surface area contributed by atoms with Crippen LogP contribution in [0.2, 0.25) is 0 Å². The molecular weight excluding hydrogens is 300 g/mol. The lowest BCUT2D eigenvalue weighted by Crippen LogP contribution is -2.30. The maximum absolute atomic E-state index is 11.8. The van der Waals surface area contributed by atoms with Crippen LogP contribution in [-0.4, -0.2) is 25.3 Å². The Morgan fingerprint density at radius 1 is 1.27 bits per heavy atom. The van der Waals surface area contributed by atoms with E-state index in [-0.39, 0.29) is 11.7 Å². The van der Waals surface area contributed by atoms with E-state index in [9.17, 15) is 10.0 Å². The van der Waals surface area contributed by atoms with E-state index in [4.69, 9.17) is 4.74 Å². The van der Waals surface area contributed by atoms with Gasteiger partial charge < -0.3 is 15.3 Å². The second kappa shape index (κ2) is 8.29. The molecule has 2 rings (SSSR count). The van der Waals surface area contributed by atoms with Crippen molar-refractivity contribution >= 4 is 17.7 Å². The molecule has 0 spiro atoms. The Balaban J connectivity index is 1.70. The maximum Gasteiger partial charge on any atom is 0.251 e. The molecule has 0 radical (unpaired) electrons. The molecule has 0 aliphatic heterocycles. The normalized spacial score (nSPS) is 10.2. The molecule has 0 unspecified atom stereocenters. The quantitative estimate of drug-likeness (QED) is 0.480. The molecular formula is C16H18N2O3S. The summed E-state index contributed by atoms with van der Waals surface area (Å²) in [6.45, 7) is 0.567. The average Bonchev–Trinajstić information content (AvgIpc) is 2.55. The standard InChI is InChI=1S/C16H18N2O3S/c1-21-14-7-5-13(6-8-14)9-10-17-15(19)12-22-16-4-2-3-11-18(16)20/h2-8,11H,9-10,12H2,1H3,(H,17,19). The van der Waals surface area contributed by atoms with Gasteiger partial charge in [-0.05, 0) is 41.9 Å². The smallest absolute Gasteiger partial charge is 0.251 e. The molecule has 1 amide bonds. The molecule has 22 heavy (non-hydrogen) atoms. The van der Waals surface area contributed by atoms with Gasteiger partial charge in [-0.2, -0.15) is 4.73 Å². The van der Waals surface area contributed by atoms with E-state index in [1.54, 1.807) is 25.3 Å². The van der Waals surface area contributed by atoms with Crippen LogP contribution in [0.4, 0.5) is 0 Å². The molecule has 1 aromatic heterocycles. The first-order chi connectivity index (χ1) is 10.7. The molecule has 5 nitrogen and oxygen atoms in total. The van der Waals surface area contributed by atoms with Gasteiger partial charge in [0.1, 0.15) is 5.75 Å². The van der Waals surface area contributed by atoms with Crippen molar-refractivity contribution in [3.8, 4) is 5.75 Å². The lowest BCUT2D eigenvalue weighted by atomic mass is 10.1. The summed E-state index contributed by atoms with van der Waals surface area (Å²) < 4.78 is 5.85. The van der Waals surface area contributed by atoms with Gasteiger partial charge in [0.25, 0.3) is 5.03 Å². The van der Waals surface area contributed by atoms with Crippen LogP contribution < -0.4 is 14.8 Å². The van der Waals surface area contributed by atoms with Gasteiger partial charge >= 0.3 is 0 Å². The van der Waals surface area contributed by atoms with E-state index in [0.29, 0.717) is 11.6 Å². The third kappa shape index (κ3) is 4.96. The van der Waals surface area contributed by atoms with Gasteiger partial charge in [-0.15, -0.1) is 0 Å². The van der Waals surface area contributed by atoms with Gasteiger partial charge in [0, 0.05) is 18.7 Å². The van der Waals surface area contributed by atoms with Crippen molar-refractivity contribution in [2.45, 2.75) is 11.4 Å². The largest absolute Gasteiger partial charge is 0.618 e. The van der Waals surface area contributed by atoms with E-state index < -0.39 is 0 Å². The third-order valence-corrected chi connectivity index (χ3v) is 4.05. The first-order valence-corrected chi connectivity index (χ1v) is 7.88. The van der Waals surface area contributed by atoms with Crippen molar-refractivity contribution < 1.29 is 14.3 Å². The zero-order valence-electron chi connectivity index (χ0n) is 12.3. The van der Waals surface area contributed by atoms with Crippen LogP contribution in [-0.2, 0) is 11.2 Å². The van der Waals surface area contributed by atoms with Crippen LogP contribution >= 0.6 is 11.8 Å². The molecule has 0 fully saturated rings. The van der Waals surface area contributed by atoms with Gasteiger partial charge in [0.2, 0.25) is 5.91 Å². The van der Waals surface area contributed by atoms with Crippen molar-refractivity contribution in [1.29, 1.82) is 0 Å². The van der Waals surface area contributed by atoms with E-state index >= 15 is 0 Å². The number of thioether (sulfide) groups is 1. The first kappa shape index (κ1) is 16.2. The number of ether oxygens (including phenoxy) is 1. The highest BCUT2D eigenvalue weighted by Gasteiger charge is 2.08. The van der Waals surface area contributed by atoms with E-state index in [2.05, 4.69) is 5.32 Å². The van der Waals surface area contributed by atoms with Gasteiger partial charge in [0.05, 0.1) is 12.9 Å². The minimum atomic E-state index is -0.0811. The minimum Gasteiger partial charge on any atom is -0.618 e. The maximum atomic E-state index is 11.8. The van der Waals surface area contributed by atoms with Gasteiger partial charge in [-0.1, -0.05) is 12.1 Å². The second-order valence-corrected chi connectivity index (χ2v) is 5.60. The summed E-state index contributed by atoms with van der Waals surface area (Å²) in [5.74, 6) is 0.967. The lowest BCUT2D eigenvalue weighted by Gasteiger charge is -2.06. The van der Waals surface area contributed by atoms with Crippen molar-refractivity contribution in [3.05, 3.63) is 59.4 Å². The van der Waals surface area contributed by atoms with Gasteiger partial charge in [-0.25, -0.2) is 0 Å². The Morgan fingerprint density at radius 2 is 2.05 bits per heavy atom. The minimum absolute atomic E-state index is 0.0811. The summed E-state index contributed by atoms with van der Waals surface area (Å²) in [6, 6.07) is 12.9. The summed E-state index contributed by atoms with van der Waals surface area (Å²) in [5.41, 5.74) is 1.13. The molecule has 0 aliphatic carbocycles. The van der Waals surface area contributed by atoms with Crippen LogP contribution in [0.25, 0.3) is 0 Å².